The zero-order valence-electron chi connectivity index (χ0n) is 12.1. The minimum absolute atomic E-state index is 0.134. The molecule has 2 heterocycles. The second kappa shape index (κ2) is 7.78. The van der Waals surface area contributed by atoms with Crippen molar-refractivity contribution in [2.75, 3.05) is 11.1 Å². The van der Waals surface area contributed by atoms with Gasteiger partial charge in [0, 0.05) is 21.3 Å². The van der Waals surface area contributed by atoms with E-state index in [2.05, 4.69) is 36.4 Å². The van der Waals surface area contributed by atoms with E-state index < -0.39 is 0 Å². The lowest BCUT2D eigenvalue weighted by Crippen LogP contribution is -2.14. The van der Waals surface area contributed by atoms with Gasteiger partial charge in [0.25, 0.3) is 5.22 Å². The fraction of sp³-hybridized carbons (Fsp3) is 0.0667. The van der Waals surface area contributed by atoms with Gasteiger partial charge in [0.05, 0.1) is 5.75 Å². The zero-order valence-corrected chi connectivity index (χ0v) is 15.2. The molecule has 6 nitrogen and oxygen atoms in total. The molecule has 0 aliphatic heterocycles. The van der Waals surface area contributed by atoms with Crippen LogP contribution in [0.5, 0.6) is 0 Å². The Labute approximate surface area is 155 Å². The van der Waals surface area contributed by atoms with Crippen LogP contribution in [0.25, 0.3) is 11.5 Å². The summed E-state index contributed by atoms with van der Waals surface area (Å²) >= 11 is 10.4. The third-order valence-corrected chi connectivity index (χ3v) is 4.32. The summed E-state index contributed by atoms with van der Waals surface area (Å²) < 4.78 is 6.36. The van der Waals surface area contributed by atoms with E-state index in [0.29, 0.717) is 22.0 Å². The lowest BCUT2D eigenvalue weighted by molar-refractivity contribution is -0.113. The van der Waals surface area contributed by atoms with Gasteiger partial charge in [-0.3, -0.25) is 4.79 Å². The van der Waals surface area contributed by atoms with Crippen LogP contribution in [0.4, 0.5) is 5.82 Å². The molecule has 0 atom stereocenters. The van der Waals surface area contributed by atoms with Gasteiger partial charge in [-0.1, -0.05) is 29.4 Å². The Balaban J connectivity index is 1.57. The first kappa shape index (κ1) is 16.9. The van der Waals surface area contributed by atoms with Crippen molar-refractivity contribution in [1.82, 2.24) is 15.2 Å². The van der Waals surface area contributed by atoms with Crippen LogP contribution in [0.2, 0.25) is 5.02 Å². The minimum Gasteiger partial charge on any atom is -0.411 e. The van der Waals surface area contributed by atoms with E-state index >= 15 is 0 Å². The van der Waals surface area contributed by atoms with Crippen LogP contribution in [0.1, 0.15) is 0 Å². The maximum absolute atomic E-state index is 11.9. The molecule has 3 rings (SSSR count). The van der Waals surface area contributed by atoms with Gasteiger partial charge >= 0.3 is 0 Å². The standard InChI is InChI=1S/C15H10BrClN4O2S/c16-10-4-5-12(18-7-10)19-13(22)8-24-15-21-20-14(23-15)9-2-1-3-11(17)6-9/h1-7H,8H2,(H,18,19,22). The van der Waals surface area contributed by atoms with Gasteiger partial charge < -0.3 is 9.73 Å². The number of pyridine rings is 1. The Hall–Kier alpha value is -1.90. The summed E-state index contributed by atoms with van der Waals surface area (Å²) in [6.45, 7) is 0. The van der Waals surface area contributed by atoms with E-state index in [1.807, 2.05) is 6.07 Å². The molecule has 24 heavy (non-hydrogen) atoms. The number of anilines is 1. The number of amides is 1. The van der Waals surface area contributed by atoms with Crippen molar-refractivity contribution in [1.29, 1.82) is 0 Å². The number of thioether (sulfide) groups is 1. The van der Waals surface area contributed by atoms with Crippen LogP contribution < -0.4 is 5.32 Å². The third kappa shape index (κ3) is 4.56. The van der Waals surface area contributed by atoms with Gasteiger partial charge in [-0.2, -0.15) is 0 Å². The van der Waals surface area contributed by atoms with E-state index in [0.717, 1.165) is 21.8 Å². The molecule has 0 bridgehead atoms. The molecular formula is C15H10BrClN4O2S. The predicted octanol–water partition coefficient (Wildman–Crippen LogP) is 4.28. The summed E-state index contributed by atoms with van der Waals surface area (Å²) in [5, 5.41) is 11.4. The van der Waals surface area contributed by atoms with Gasteiger partial charge in [0.2, 0.25) is 11.8 Å². The Morgan fingerprint density at radius 3 is 2.92 bits per heavy atom. The van der Waals surface area contributed by atoms with Crippen molar-refractivity contribution in [2.24, 2.45) is 0 Å². The molecular weight excluding hydrogens is 416 g/mol. The normalized spacial score (nSPS) is 10.6. The molecule has 0 spiro atoms. The first-order chi connectivity index (χ1) is 11.6. The first-order valence-electron chi connectivity index (χ1n) is 6.74. The summed E-state index contributed by atoms with van der Waals surface area (Å²) in [5.74, 6) is 0.760. The SMILES string of the molecule is O=C(CSc1nnc(-c2cccc(Cl)c2)o1)Nc1ccc(Br)cn1. The molecule has 0 radical (unpaired) electrons. The molecule has 0 unspecified atom stereocenters. The fourth-order valence-corrected chi connectivity index (χ4v) is 2.75. The molecule has 2 aromatic heterocycles. The predicted molar refractivity (Wildman–Crippen MR) is 96.0 cm³/mol. The Bertz CT molecular complexity index is 857. The molecule has 3 aromatic rings. The molecule has 0 fully saturated rings. The van der Waals surface area contributed by atoms with Crippen molar-refractivity contribution >= 4 is 51.0 Å². The van der Waals surface area contributed by atoms with Crippen LogP contribution in [-0.2, 0) is 4.79 Å². The number of carbonyl (C=O) groups excluding carboxylic acids is 1. The lowest BCUT2D eigenvalue weighted by atomic mass is 10.2. The molecule has 9 heteroatoms. The molecule has 0 saturated heterocycles. The molecule has 0 aliphatic carbocycles. The molecule has 0 aliphatic rings. The molecule has 1 amide bonds. The average Bonchev–Trinajstić information content (AvgIpc) is 3.04. The number of hydrogen-bond acceptors (Lipinski definition) is 6. The summed E-state index contributed by atoms with van der Waals surface area (Å²) in [6.07, 6.45) is 1.61. The van der Waals surface area contributed by atoms with E-state index in [-0.39, 0.29) is 11.7 Å². The monoisotopic (exact) mass is 424 g/mol. The quantitative estimate of drug-likeness (QED) is 0.615. The number of aromatic nitrogens is 3. The van der Waals surface area contributed by atoms with Crippen molar-refractivity contribution in [3.05, 3.63) is 52.1 Å². The summed E-state index contributed by atoms with van der Waals surface area (Å²) in [4.78, 5) is 16.0. The Morgan fingerprint density at radius 2 is 2.17 bits per heavy atom. The van der Waals surface area contributed by atoms with Crippen molar-refractivity contribution in [2.45, 2.75) is 5.22 Å². The molecule has 0 saturated carbocycles. The number of nitrogens with zero attached hydrogens (tertiary/aromatic N) is 3. The Morgan fingerprint density at radius 1 is 1.29 bits per heavy atom. The van der Waals surface area contributed by atoms with Crippen LogP contribution in [0.3, 0.4) is 0 Å². The van der Waals surface area contributed by atoms with Gasteiger partial charge in [0.15, 0.2) is 0 Å². The average molecular weight is 426 g/mol. The summed E-state index contributed by atoms with van der Waals surface area (Å²) in [6, 6.07) is 10.6. The first-order valence-corrected chi connectivity index (χ1v) is 8.89. The summed E-state index contributed by atoms with van der Waals surface area (Å²) in [7, 11) is 0. The van der Waals surface area contributed by atoms with Crippen LogP contribution in [-0.4, -0.2) is 26.8 Å². The minimum atomic E-state index is -0.211. The maximum atomic E-state index is 11.9. The van der Waals surface area contributed by atoms with Crippen molar-refractivity contribution < 1.29 is 9.21 Å². The van der Waals surface area contributed by atoms with Gasteiger partial charge in [-0.25, -0.2) is 4.98 Å². The summed E-state index contributed by atoms with van der Waals surface area (Å²) in [5.41, 5.74) is 0.727. The van der Waals surface area contributed by atoms with E-state index in [4.69, 9.17) is 16.0 Å². The second-order valence-corrected chi connectivity index (χ2v) is 6.86. The third-order valence-electron chi connectivity index (χ3n) is 2.80. The van der Waals surface area contributed by atoms with Crippen molar-refractivity contribution in [3.63, 3.8) is 0 Å². The van der Waals surface area contributed by atoms with Crippen molar-refractivity contribution in [3.8, 4) is 11.5 Å². The molecule has 1 N–H and O–H groups in total. The number of carbonyl (C=O) groups is 1. The van der Waals surface area contributed by atoms with E-state index in [1.165, 1.54) is 0 Å². The number of halogens is 2. The number of nitrogens with one attached hydrogen (secondary N) is 1. The van der Waals surface area contributed by atoms with Gasteiger partial charge in [0.1, 0.15) is 5.82 Å². The number of benzene rings is 1. The highest BCUT2D eigenvalue weighted by atomic mass is 79.9. The smallest absolute Gasteiger partial charge is 0.277 e. The second-order valence-electron chi connectivity index (χ2n) is 4.58. The highest BCUT2D eigenvalue weighted by molar-refractivity contribution is 9.10. The molecule has 1 aromatic carbocycles. The fourth-order valence-electron chi connectivity index (χ4n) is 1.76. The van der Waals surface area contributed by atoms with Gasteiger partial charge in [-0.15, -0.1) is 10.2 Å². The van der Waals surface area contributed by atoms with Crippen LogP contribution in [0.15, 0.2) is 56.7 Å². The number of hydrogen-bond donors (Lipinski definition) is 1. The zero-order chi connectivity index (χ0) is 16.9. The molecule has 122 valence electrons. The van der Waals surface area contributed by atoms with E-state index in [9.17, 15) is 4.79 Å². The topological polar surface area (TPSA) is 80.9 Å². The Kier molecular flexibility index (Phi) is 5.49. The van der Waals surface area contributed by atoms with E-state index in [1.54, 1.807) is 36.5 Å². The van der Waals surface area contributed by atoms with Crippen LogP contribution >= 0.6 is 39.3 Å². The lowest BCUT2D eigenvalue weighted by Gasteiger charge is -2.02. The highest BCUT2D eigenvalue weighted by Crippen LogP contribution is 2.25. The highest BCUT2D eigenvalue weighted by Gasteiger charge is 2.12. The largest absolute Gasteiger partial charge is 0.411 e. The van der Waals surface area contributed by atoms with Gasteiger partial charge in [-0.05, 0) is 46.3 Å². The number of rotatable bonds is 5. The van der Waals surface area contributed by atoms with Crippen LogP contribution in [0, 0.1) is 0 Å². The maximum Gasteiger partial charge on any atom is 0.277 e.